The smallest absolute Gasteiger partial charge is 0.261 e. The van der Waals surface area contributed by atoms with Gasteiger partial charge in [-0.3, -0.25) is 9.89 Å². The van der Waals surface area contributed by atoms with Crippen molar-refractivity contribution < 1.29 is 4.79 Å². The first-order valence-corrected chi connectivity index (χ1v) is 6.02. The van der Waals surface area contributed by atoms with Gasteiger partial charge in [-0.05, 0) is 32.9 Å². The first kappa shape index (κ1) is 12.4. The van der Waals surface area contributed by atoms with Crippen molar-refractivity contribution in [3.8, 4) is 0 Å². The van der Waals surface area contributed by atoms with Gasteiger partial charge in [-0.2, -0.15) is 5.10 Å². The van der Waals surface area contributed by atoms with Crippen LogP contribution in [0.2, 0.25) is 0 Å². The van der Waals surface area contributed by atoms with E-state index in [1.54, 1.807) is 11.1 Å². The third-order valence-corrected chi connectivity index (χ3v) is 2.97. The number of aromatic amines is 1. The predicted octanol–water partition coefficient (Wildman–Crippen LogP) is 2.69. The van der Waals surface area contributed by atoms with Crippen molar-refractivity contribution >= 4 is 11.6 Å². The van der Waals surface area contributed by atoms with E-state index in [-0.39, 0.29) is 5.91 Å². The van der Waals surface area contributed by atoms with E-state index in [9.17, 15) is 4.79 Å². The number of carbonyl (C=O) groups excluding carboxylic acids is 1. The lowest BCUT2D eigenvalue weighted by atomic mass is 10.2. The maximum absolute atomic E-state index is 12.4. The topological polar surface area (TPSA) is 49.0 Å². The molecule has 18 heavy (non-hydrogen) atoms. The van der Waals surface area contributed by atoms with E-state index in [0.29, 0.717) is 12.1 Å². The largest absolute Gasteiger partial charge is 0.309 e. The van der Waals surface area contributed by atoms with Crippen LogP contribution in [0.3, 0.4) is 0 Å². The normalized spacial score (nSPS) is 10.4. The number of carbonyl (C=O) groups is 1. The predicted molar refractivity (Wildman–Crippen MR) is 71.9 cm³/mol. The molecule has 0 bridgehead atoms. The average Bonchev–Trinajstić information content (AvgIpc) is 2.78. The third kappa shape index (κ3) is 2.27. The Bertz CT molecular complexity index is 542. The zero-order chi connectivity index (χ0) is 13.1. The molecular weight excluding hydrogens is 226 g/mol. The first-order chi connectivity index (χ1) is 8.63. The van der Waals surface area contributed by atoms with Gasteiger partial charge in [-0.15, -0.1) is 0 Å². The highest BCUT2D eigenvalue weighted by atomic mass is 16.2. The quantitative estimate of drug-likeness (QED) is 0.901. The number of nitrogens with one attached hydrogen (secondary N) is 1. The molecule has 0 saturated carbocycles. The van der Waals surface area contributed by atoms with E-state index in [1.807, 2.05) is 45.0 Å². The van der Waals surface area contributed by atoms with Gasteiger partial charge in [-0.1, -0.05) is 17.7 Å². The molecule has 0 unspecified atom stereocenters. The molecule has 0 aliphatic carbocycles. The standard InChI is InChI=1S/C14H17N3O/c1-4-17(12-7-5-10(2)6-8-12)14(18)13-9-15-16-11(13)3/h5-9H,4H2,1-3H3,(H,15,16). The van der Waals surface area contributed by atoms with Crippen LogP contribution < -0.4 is 4.90 Å². The van der Waals surface area contributed by atoms with Gasteiger partial charge < -0.3 is 4.90 Å². The molecule has 1 heterocycles. The molecule has 0 atom stereocenters. The molecule has 1 aromatic carbocycles. The molecule has 2 rings (SSSR count). The summed E-state index contributed by atoms with van der Waals surface area (Å²) in [6.45, 7) is 6.48. The minimum atomic E-state index is -0.0207. The fraction of sp³-hybridized carbons (Fsp3) is 0.286. The maximum atomic E-state index is 12.4. The molecule has 0 radical (unpaired) electrons. The van der Waals surface area contributed by atoms with Crippen LogP contribution in [-0.4, -0.2) is 22.6 Å². The zero-order valence-electron chi connectivity index (χ0n) is 10.9. The summed E-state index contributed by atoms with van der Waals surface area (Å²) in [5.74, 6) is -0.0207. The van der Waals surface area contributed by atoms with Crippen LogP contribution >= 0.6 is 0 Å². The van der Waals surface area contributed by atoms with Crippen molar-refractivity contribution in [1.82, 2.24) is 10.2 Å². The van der Waals surface area contributed by atoms with Crippen LogP contribution in [0, 0.1) is 13.8 Å². The van der Waals surface area contributed by atoms with Gasteiger partial charge in [0, 0.05) is 17.9 Å². The van der Waals surface area contributed by atoms with Gasteiger partial charge in [0.25, 0.3) is 5.91 Å². The van der Waals surface area contributed by atoms with Gasteiger partial charge in [-0.25, -0.2) is 0 Å². The highest BCUT2D eigenvalue weighted by Gasteiger charge is 2.18. The maximum Gasteiger partial charge on any atom is 0.261 e. The summed E-state index contributed by atoms with van der Waals surface area (Å²) in [6, 6.07) is 7.94. The monoisotopic (exact) mass is 243 g/mol. The van der Waals surface area contributed by atoms with Crippen molar-refractivity contribution in [2.24, 2.45) is 0 Å². The number of H-pyrrole nitrogens is 1. The number of nitrogens with zero attached hydrogens (tertiary/aromatic N) is 2. The van der Waals surface area contributed by atoms with E-state index in [0.717, 1.165) is 11.4 Å². The van der Waals surface area contributed by atoms with Gasteiger partial charge in [0.05, 0.1) is 11.8 Å². The SMILES string of the molecule is CCN(C(=O)c1cn[nH]c1C)c1ccc(C)cc1. The molecule has 1 amide bonds. The Morgan fingerprint density at radius 3 is 2.44 bits per heavy atom. The zero-order valence-corrected chi connectivity index (χ0v) is 10.9. The van der Waals surface area contributed by atoms with Gasteiger partial charge in [0.2, 0.25) is 0 Å². The number of hydrogen-bond donors (Lipinski definition) is 1. The minimum Gasteiger partial charge on any atom is -0.309 e. The molecule has 0 fully saturated rings. The fourth-order valence-electron chi connectivity index (χ4n) is 1.88. The van der Waals surface area contributed by atoms with E-state index in [1.165, 1.54) is 5.56 Å². The van der Waals surface area contributed by atoms with Crippen LogP contribution in [0.5, 0.6) is 0 Å². The number of rotatable bonds is 3. The molecule has 4 heteroatoms. The second kappa shape index (κ2) is 5.04. The van der Waals surface area contributed by atoms with Crippen molar-refractivity contribution in [3.63, 3.8) is 0 Å². The minimum absolute atomic E-state index is 0.0207. The number of aromatic nitrogens is 2. The summed E-state index contributed by atoms with van der Waals surface area (Å²) in [5, 5.41) is 6.69. The molecule has 2 aromatic rings. The first-order valence-electron chi connectivity index (χ1n) is 6.02. The Morgan fingerprint density at radius 1 is 1.28 bits per heavy atom. The lowest BCUT2D eigenvalue weighted by Gasteiger charge is -2.20. The van der Waals surface area contributed by atoms with Crippen molar-refractivity contribution in [2.45, 2.75) is 20.8 Å². The number of anilines is 1. The van der Waals surface area contributed by atoms with E-state index in [2.05, 4.69) is 10.2 Å². The Kier molecular flexibility index (Phi) is 3.46. The number of aryl methyl sites for hydroxylation is 2. The molecular formula is C14H17N3O. The average molecular weight is 243 g/mol. The van der Waals surface area contributed by atoms with Gasteiger partial charge in [0.15, 0.2) is 0 Å². The van der Waals surface area contributed by atoms with Crippen molar-refractivity contribution in [2.75, 3.05) is 11.4 Å². The summed E-state index contributed by atoms with van der Waals surface area (Å²) in [6.07, 6.45) is 1.58. The van der Waals surface area contributed by atoms with Gasteiger partial charge >= 0.3 is 0 Å². The fourth-order valence-corrected chi connectivity index (χ4v) is 1.88. The molecule has 0 saturated heterocycles. The van der Waals surface area contributed by atoms with Crippen molar-refractivity contribution in [3.05, 3.63) is 47.3 Å². The Morgan fingerprint density at radius 2 is 1.94 bits per heavy atom. The summed E-state index contributed by atoms with van der Waals surface area (Å²) in [5.41, 5.74) is 3.51. The molecule has 1 N–H and O–H groups in total. The molecule has 0 aliphatic heterocycles. The van der Waals surface area contributed by atoms with Crippen LogP contribution in [0.25, 0.3) is 0 Å². The van der Waals surface area contributed by atoms with Crippen LogP contribution in [0.4, 0.5) is 5.69 Å². The number of amides is 1. The number of benzene rings is 1. The van der Waals surface area contributed by atoms with E-state index < -0.39 is 0 Å². The highest BCUT2D eigenvalue weighted by Crippen LogP contribution is 2.18. The lowest BCUT2D eigenvalue weighted by molar-refractivity contribution is 0.0988. The third-order valence-electron chi connectivity index (χ3n) is 2.97. The Labute approximate surface area is 107 Å². The second-order valence-corrected chi connectivity index (χ2v) is 4.29. The summed E-state index contributed by atoms with van der Waals surface area (Å²) in [4.78, 5) is 14.2. The Hall–Kier alpha value is -2.10. The van der Waals surface area contributed by atoms with Crippen LogP contribution in [-0.2, 0) is 0 Å². The lowest BCUT2D eigenvalue weighted by Crippen LogP contribution is -2.30. The highest BCUT2D eigenvalue weighted by molar-refractivity contribution is 6.06. The molecule has 0 spiro atoms. The van der Waals surface area contributed by atoms with E-state index in [4.69, 9.17) is 0 Å². The molecule has 1 aromatic heterocycles. The van der Waals surface area contributed by atoms with Crippen molar-refractivity contribution in [1.29, 1.82) is 0 Å². The molecule has 0 aliphatic rings. The second-order valence-electron chi connectivity index (χ2n) is 4.29. The van der Waals surface area contributed by atoms with E-state index >= 15 is 0 Å². The van der Waals surface area contributed by atoms with Gasteiger partial charge in [0.1, 0.15) is 0 Å². The van der Waals surface area contributed by atoms with Crippen LogP contribution in [0.15, 0.2) is 30.5 Å². The van der Waals surface area contributed by atoms with Crippen LogP contribution in [0.1, 0.15) is 28.5 Å². The summed E-state index contributed by atoms with van der Waals surface area (Å²) < 4.78 is 0. The summed E-state index contributed by atoms with van der Waals surface area (Å²) in [7, 11) is 0. The Balaban J connectivity index is 2.32. The summed E-state index contributed by atoms with van der Waals surface area (Å²) >= 11 is 0. The molecule has 94 valence electrons. The molecule has 4 nitrogen and oxygen atoms in total. The number of hydrogen-bond acceptors (Lipinski definition) is 2.